The van der Waals surface area contributed by atoms with E-state index in [1.54, 1.807) is 0 Å². The van der Waals surface area contributed by atoms with E-state index in [0.717, 1.165) is 16.5 Å². The number of hydrogen-bond acceptors (Lipinski definition) is 1. The van der Waals surface area contributed by atoms with Crippen LogP contribution >= 0.6 is 11.6 Å². The van der Waals surface area contributed by atoms with Gasteiger partial charge in [0.15, 0.2) is 0 Å². The number of nitrogens with zero attached hydrogens (tertiary/aromatic N) is 1. The molecule has 0 aliphatic heterocycles. The number of rotatable bonds is 3. The molecule has 0 saturated carbocycles. The second kappa shape index (κ2) is 4.90. The van der Waals surface area contributed by atoms with Crippen LogP contribution < -0.4 is 0 Å². The lowest BCUT2D eigenvalue weighted by molar-refractivity contribution is 0.107. The van der Waals surface area contributed by atoms with Crippen LogP contribution in [0.2, 0.25) is 0 Å². The van der Waals surface area contributed by atoms with Gasteiger partial charge in [-0.15, -0.1) is 0 Å². The molecule has 94 valence electrons. The number of carbonyl (C=O) groups is 1. The number of halogens is 1. The van der Waals surface area contributed by atoms with Crippen LogP contribution in [-0.2, 0) is 6.54 Å². The highest BCUT2D eigenvalue weighted by molar-refractivity contribution is 6.67. The molecular formula is C16H12ClNO. The first-order valence-corrected chi connectivity index (χ1v) is 6.45. The quantitative estimate of drug-likeness (QED) is 0.657. The number of fused-ring (bicyclic) bond motifs is 1. The summed E-state index contributed by atoms with van der Waals surface area (Å²) in [6.07, 6.45) is 0. The molecule has 2 nitrogen and oxygen atoms in total. The van der Waals surface area contributed by atoms with Crippen LogP contribution in [0.25, 0.3) is 10.9 Å². The van der Waals surface area contributed by atoms with Gasteiger partial charge in [0.25, 0.3) is 5.24 Å². The van der Waals surface area contributed by atoms with E-state index in [0.29, 0.717) is 12.2 Å². The summed E-state index contributed by atoms with van der Waals surface area (Å²) < 4.78 is 1.96. The summed E-state index contributed by atoms with van der Waals surface area (Å²) in [5, 5.41) is 0.606. The Hall–Kier alpha value is -2.06. The lowest BCUT2D eigenvalue weighted by Gasteiger charge is -2.08. The fourth-order valence-corrected chi connectivity index (χ4v) is 2.47. The van der Waals surface area contributed by atoms with Gasteiger partial charge in [-0.2, -0.15) is 0 Å². The van der Waals surface area contributed by atoms with Crippen LogP contribution in [0.5, 0.6) is 0 Å². The first-order chi connectivity index (χ1) is 9.25. The van der Waals surface area contributed by atoms with Crippen LogP contribution in [0.15, 0.2) is 60.7 Å². The molecule has 0 bridgehead atoms. The molecule has 1 aromatic heterocycles. The molecular weight excluding hydrogens is 258 g/mol. The summed E-state index contributed by atoms with van der Waals surface area (Å²) in [6, 6.07) is 19.8. The first-order valence-electron chi connectivity index (χ1n) is 6.08. The summed E-state index contributed by atoms with van der Waals surface area (Å²) in [7, 11) is 0. The van der Waals surface area contributed by atoms with E-state index in [9.17, 15) is 4.79 Å². The molecule has 0 atom stereocenters. The van der Waals surface area contributed by atoms with Crippen molar-refractivity contribution in [3.8, 4) is 0 Å². The van der Waals surface area contributed by atoms with E-state index in [4.69, 9.17) is 11.6 Å². The molecule has 0 aliphatic carbocycles. The van der Waals surface area contributed by atoms with Crippen molar-refractivity contribution in [1.82, 2.24) is 4.57 Å². The largest absolute Gasteiger partial charge is 0.333 e. The summed E-state index contributed by atoms with van der Waals surface area (Å²) in [6.45, 7) is 0.641. The SMILES string of the molecule is O=C(Cl)c1cc2ccccc2n1Cc1ccccc1. The minimum absolute atomic E-state index is 0.424. The highest BCUT2D eigenvalue weighted by Crippen LogP contribution is 2.22. The zero-order chi connectivity index (χ0) is 13.2. The number of para-hydroxylation sites is 1. The third kappa shape index (κ3) is 2.27. The third-order valence-electron chi connectivity index (χ3n) is 3.20. The molecule has 3 heteroatoms. The fraction of sp³-hybridized carbons (Fsp3) is 0.0625. The molecule has 0 amide bonds. The Morgan fingerprint density at radius 3 is 2.42 bits per heavy atom. The Morgan fingerprint density at radius 1 is 1.00 bits per heavy atom. The zero-order valence-corrected chi connectivity index (χ0v) is 11.0. The van der Waals surface area contributed by atoms with Crippen LogP contribution in [0.3, 0.4) is 0 Å². The Bertz CT molecular complexity index is 731. The minimum Gasteiger partial charge on any atom is -0.333 e. The average Bonchev–Trinajstić information content (AvgIpc) is 2.79. The fourth-order valence-electron chi connectivity index (χ4n) is 2.31. The molecule has 0 unspecified atom stereocenters. The van der Waals surface area contributed by atoms with Gasteiger partial charge in [-0.05, 0) is 29.3 Å². The Morgan fingerprint density at radius 2 is 1.68 bits per heavy atom. The predicted octanol–water partition coefficient (Wildman–Crippen LogP) is 4.07. The van der Waals surface area contributed by atoms with Gasteiger partial charge in [-0.25, -0.2) is 0 Å². The van der Waals surface area contributed by atoms with Crippen molar-refractivity contribution >= 4 is 27.7 Å². The second-order valence-corrected chi connectivity index (χ2v) is 4.78. The molecule has 0 aliphatic rings. The van der Waals surface area contributed by atoms with Crippen molar-refractivity contribution in [1.29, 1.82) is 0 Å². The number of benzene rings is 2. The number of carbonyl (C=O) groups excluding carboxylic acids is 1. The molecule has 2 aromatic carbocycles. The van der Waals surface area contributed by atoms with Gasteiger partial charge < -0.3 is 4.57 Å². The normalized spacial score (nSPS) is 10.8. The van der Waals surface area contributed by atoms with E-state index >= 15 is 0 Å². The van der Waals surface area contributed by atoms with Crippen molar-refractivity contribution in [2.75, 3.05) is 0 Å². The van der Waals surface area contributed by atoms with E-state index in [2.05, 4.69) is 0 Å². The van der Waals surface area contributed by atoms with E-state index in [-0.39, 0.29) is 0 Å². The zero-order valence-electron chi connectivity index (χ0n) is 10.2. The van der Waals surface area contributed by atoms with Gasteiger partial charge in [-0.3, -0.25) is 4.79 Å². The van der Waals surface area contributed by atoms with Crippen molar-refractivity contribution in [3.05, 3.63) is 71.9 Å². The van der Waals surface area contributed by atoms with Crippen LogP contribution in [0.4, 0.5) is 0 Å². The summed E-state index contributed by atoms with van der Waals surface area (Å²) in [5.74, 6) is 0. The monoisotopic (exact) mass is 269 g/mol. The highest BCUT2D eigenvalue weighted by atomic mass is 35.5. The average molecular weight is 270 g/mol. The van der Waals surface area contributed by atoms with Crippen molar-refractivity contribution < 1.29 is 4.79 Å². The van der Waals surface area contributed by atoms with Gasteiger partial charge >= 0.3 is 0 Å². The smallest absolute Gasteiger partial charge is 0.268 e. The van der Waals surface area contributed by atoms with Crippen molar-refractivity contribution in [2.45, 2.75) is 6.54 Å². The van der Waals surface area contributed by atoms with Crippen LogP contribution in [0.1, 0.15) is 16.1 Å². The lowest BCUT2D eigenvalue weighted by atomic mass is 10.2. The maximum atomic E-state index is 11.6. The first kappa shape index (κ1) is 12.0. The van der Waals surface area contributed by atoms with Crippen molar-refractivity contribution in [3.63, 3.8) is 0 Å². The van der Waals surface area contributed by atoms with Gasteiger partial charge in [0.1, 0.15) is 5.69 Å². The molecule has 0 N–H and O–H groups in total. The molecule has 3 aromatic rings. The van der Waals surface area contributed by atoms with Crippen molar-refractivity contribution in [2.24, 2.45) is 0 Å². The van der Waals surface area contributed by atoms with Gasteiger partial charge in [0.2, 0.25) is 0 Å². The Balaban J connectivity index is 2.15. The third-order valence-corrected chi connectivity index (χ3v) is 3.39. The molecule has 3 rings (SSSR count). The standard InChI is InChI=1S/C16H12ClNO/c17-16(19)15-10-13-8-4-5-9-14(13)18(15)11-12-6-2-1-3-7-12/h1-10H,11H2. The molecule has 0 spiro atoms. The van der Waals surface area contributed by atoms with E-state index in [1.165, 1.54) is 0 Å². The Labute approximate surface area is 116 Å². The molecule has 1 heterocycles. The molecule has 0 radical (unpaired) electrons. The highest BCUT2D eigenvalue weighted by Gasteiger charge is 2.13. The van der Waals surface area contributed by atoms with E-state index < -0.39 is 5.24 Å². The van der Waals surface area contributed by atoms with Crippen LogP contribution in [0, 0.1) is 0 Å². The number of hydrogen-bond donors (Lipinski definition) is 0. The van der Waals surface area contributed by atoms with Gasteiger partial charge in [0.05, 0.1) is 0 Å². The molecule has 0 saturated heterocycles. The summed E-state index contributed by atoms with van der Waals surface area (Å²) in [4.78, 5) is 11.6. The maximum Gasteiger partial charge on any atom is 0.268 e. The number of aromatic nitrogens is 1. The van der Waals surface area contributed by atoms with Gasteiger partial charge in [-0.1, -0.05) is 48.5 Å². The lowest BCUT2D eigenvalue weighted by Crippen LogP contribution is -2.06. The second-order valence-electron chi connectivity index (χ2n) is 4.43. The Kier molecular flexibility index (Phi) is 3.10. The molecule has 19 heavy (non-hydrogen) atoms. The topological polar surface area (TPSA) is 22.0 Å². The van der Waals surface area contributed by atoms with Crippen LogP contribution in [-0.4, -0.2) is 9.81 Å². The maximum absolute atomic E-state index is 11.6. The minimum atomic E-state index is -0.424. The summed E-state index contributed by atoms with van der Waals surface area (Å²) >= 11 is 5.69. The summed E-state index contributed by atoms with van der Waals surface area (Å²) in [5.41, 5.74) is 2.70. The predicted molar refractivity (Wildman–Crippen MR) is 77.7 cm³/mol. The van der Waals surface area contributed by atoms with E-state index in [1.807, 2.05) is 65.2 Å². The van der Waals surface area contributed by atoms with Gasteiger partial charge in [0, 0.05) is 17.4 Å². The molecule has 0 fully saturated rings.